The third kappa shape index (κ3) is 5.85. The average Bonchev–Trinajstić information content (AvgIpc) is 2.96. The van der Waals surface area contributed by atoms with Crippen LogP contribution in [0.4, 0.5) is 10.1 Å². The van der Waals surface area contributed by atoms with Crippen molar-refractivity contribution in [3.8, 4) is 17.2 Å². The van der Waals surface area contributed by atoms with Gasteiger partial charge in [-0.05, 0) is 54.8 Å². The quantitative estimate of drug-likeness (QED) is 0.442. The molecule has 0 bridgehead atoms. The molecule has 1 aliphatic rings. The molecule has 0 saturated heterocycles. The molecule has 1 saturated carbocycles. The number of ether oxygens (including phenoxy) is 3. The molecule has 1 aliphatic carbocycles. The SMILES string of the molecule is COc1cc(C(C(=O)NC2CCCCC2)N(C(=O)c2cnccn2)c2ccc(F)cc2)cc(OC)c1OC. The molecule has 1 fully saturated rings. The summed E-state index contributed by atoms with van der Waals surface area (Å²) >= 11 is 0. The van der Waals surface area contributed by atoms with E-state index in [0.717, 1.165) is 32.1 Å². The van der Waals surface area contributed by atoms with Crippen LogP contribution in [0.2, 0.25) is 0 Å². The molecule has 2 aromatic carbocycles. The van der Waals surface area contributed by atoms with Gasteiger partial charge in [-0.1, -0.05) is 19.3 Å². The Morgan fingerprint density at radius 1 is 0.974 bits per heavy atom. The summed E-state index contributed by atoms with van der Waals surface area (Å²) in [5, 5.41) is 3.13. The van der Waals surface area contributed by atoms with Gasteiger partial charge in [-0.2, -0.15) is 0 Å². The first-order valence-electron chi connectivity index (χ1n) is 12.4. The van der Waals surface area contributed by atoms with E-state index in [1.54, 1.807) is 12.1 Å². The lowest BCUT2D eigenvalue weighted by atomic mass is 9.94. The van der Waals surface area contributed by atoms with Crippen LogP contribution < -0.4 is 24.4 Å². The Bertz CT molecular complexity index is 1220. The Hall–Kier alpha value is -4.21. The normalized spacial score (nSPS) is 14.3. The number of rotatable bonds is 9. The smallest absolute Gasteiger partial charge is 0.279 e. The molecule has 38 heavy (non-hydrogen) atoms. The Labute approximate surface area is 220 Å². The highest BCUT2D eigenvalue weighted by Gasteiger charge is 2.36. The van der Waals surface area contributed by atoms with Gasteiger partial charge in [0.1, 0.15) is 17.6 Å². The molecule has 10 heteroatoms. The Morgan fingerprint density at radius 3 is 2.18 bits per heavy atom. The van der Waals surface area contributed by atoms with E-state index in [0.29, 0.717) is 28.5 Å². The fourth-order valence-corrected chi connectivity index (χ4v) is 4.72. The summed E-state index contributed by atoms with van der Waals surface area (Å²) in [6, 6.07) is 7.42. The van der Waals surface area contributed by atoms with Crippen molar-refractivity contribution in [2.24, 2.45) is 0 Å². The molecule has 1 heterocycles. The van der Waals surface area contributed by atoms with Gasteiger partial charge in [0.2, 0.25) is 11.7 Å². The van der Waals surface area contributed by atoms with Crippen molar-refractivity contribution in [3.63, 3.8) is 0 Å². The van der Waals surface area contributed by atoms with E-state index in [2.05, 4.69) is 15.3 Å². The number of nitrogens with one attached hydrogen (secondary N) is 1. The van der Waals surface area contributed by atoms with E-state index in [1.165, 1.54) is 69.1 Å². The van der Waals surface area contributed by atoms with Crippen LogP contribution in [0.15, 0.2) is 55.0 Å². The summed E-state index contributed by atoms with van der Waals surface area (Å²) in [6.07, 6.45) is 9.02. The summed E-state index contributed by atoms with van der Waals surface area (Å²) in [5.41, 5.74) is 0.744. The highest BCUT2D eigenvalue weighted by Crippen LogP contribution is 2.42. The van der Waals surface area contributed by atoms with Crippen molar-refractivity contribution in [2.45, 2.75) is 44.2 Å². The number of halogens is 1. The molecule has 4 rings (SSSR count). The molecule has 9 nitrogen and oxygen atoms in total. The lowest BCUT2D eigenvalue weighted by Crippen LogP contribution is -2.47. The number of hydrogen-bond donors (Lipinski definition) is 1. The zero-order valence-electron chi connectivity index (χ0n) is 21.6. The van der Waals surface area contributed by atoms with Crippen LogP contribution in [0.1, 0.15) is 54.2 Å². The molecule has 2 amide bonds. The third-order valence-corrected chi connectivity index (χ3v) is 6.57. The van der Waals surface area contributed by atoms with Crippen molar-refractivity contribution in [1.82, 2.24) is 15.3 Å². The molecule has 1 N–H and O–H groups in total. The topological polar surface area (TPSA) is 103 Å². The Balaban J connectivity index is 1.89. The molecule has 1 unspecified atom stereocenters. The second-order valence-electron chi connectivity index (χ2n) is 8.95. The minimum absolute atomic E-state index is 0.0255. The van der Waals surface area contributed by atoms with Crippen LogP contribution in [0.3, 0.4) is 0 Å². The maximum Gasteiger partial charge on any atom is 0.279 e. The molecule has 0 spiro atoms. The van der Waals surface area contributed by atoms with Crippen molar-refractivity contribution in [3.05, 3.63) is 72.1 Å². The van der Waals surface area contributed by atoms with E-state index < -0.39 is 23.7 Å². The van der Waals surface area contributed by atoms with E-state index in [1.807, 2.05) is 0 Å². The van der Waals surface area contributed by atoms with Gasteiger partial charge >= 0.3 is 0 Å². The third-order valence-electron chi connectivity index (χ3n) is 6.57. The lowest BCUT2D eigenvalue weighted by molar-refractivity contribution is -0.123. The molecule has 1 atom stereocenters. The Kier molecular flexibility index (Phi) is 8.73. The van der Waals surface area contributed by atoms with Gasteiger partial charge in [0, 0.05) is 24.1 Å². The number of carbonyl (C=O) groups is 2. The van der Waals surface area contributed by atoms with Crippen molar-refractivity contribution in [1.29, 1.82) is 0 Å². The number of amides is 2. The highest BCUT2D eigenvalue weighted by atomic mass is 19.1. The van der Waals surface area contributed by atoms with Crippen molar-refractivity contribution >= 4 is 17.5 Å². The van der Waals surface area contributed by atoms with Gasteiger partial charge in [-0.25, -0.2) is 9.37 Å². The number of carbonyl (C=O) groups excluding carboxylic acids is 2. The van der Waals surface area contributed by atoms with E-state index >= 15 is 0 Å². The van der Waals surface area contributed by atoms with Gasteiger partial charge in [0.25, 0.3) is 5.91 Å². The van der Waals surface area contributed by atoms with E-state index in [9.17, 15) is 14.0 Å². The standard InChI is InChI=1S/C28H31FN4O5/c1-36-23-15-18(16-24(37-2)26(23)38-3)25(27(34)32-20-7-5-4-6-8-20)33(21-11-9-19(29)10-12-21)28(35)22-17-30-13-14-31-22/h9-17,20,25H,4-8H2,1-3H3,(H,32,34). The van der Waals surface area contributed by atoms with Crippen LogP contribution in [-0.4, -0.2) is 49.2 Å². The first kappa shape index (κ1) is 26.8. The zero-order chi connectivity index (χ0) is 27.1. The van der Waals surface area contributed by atoms with Crippen LogP contribution in [0.5, 0.6) is 17.2 Å². The van der Waals surface area contributed by atoms with Crippen LogP contribution in [0, 0.1) is 5.82 Å². The van der Waals surface area contributed by atoms with Crippen molar-refractivity contribution < 1.29 is 28.2 Å². The first-order chi connectivity index (χ1) is 18.5. The van der Waals surface area contributed by atoms with Gasteiger partial charge in [0.15, 0.2) is 11.5 Å². The summed E-state index contributed by atoms with van der Waals surface area (Å²) in [4.78, 5) is 37.5. The molecular formula is C28H31FN4O5. The molecule has 1 aromatic heterocycles. The largest absolute Gasteiger partial charge is 0.493 e. The molecule has 0 aliphatic heterocycles. The van der Waals surface area contributed by atoms with Crippen molar-refractivity contribution in [2.75, 3.05) is 26.2 Å². The zero-order valence-corrected chi connectivity index (χ0v) is 21.6. The summed E-state index contributed by atoms with van der Waals surface area (Å²) in [7, 11) is 4.43. The monoisotopic (exact) mass is 522 g/mol. The predicted molar refractivity (Wildman–Crippen MR) is 139 cm³/mol. The van der Waals surface area contributed by atoms with Gasteiger partial charge in [0.05, 0.1) is 27.5 Å². The summed E-state index contributed by atoms with van der Waals surface area (Å²) < 4.78 is 30.4. The first-order valence-corrected chi connectivity index (χ1v) is 12.4. The number of anilines is 1. The predicted octanol–water partition coefficient (Wildman–Crippen LogP) is 4.48. The second kappa shape index (κ2) is 12.4. The molecule has 200 valence electrons. The lowest BCUT2D eigenvalue weighted by Gasteiger charge is -2.33. The minimum Gasteiger partial charge on any atom is -0.493 e. The maximum atomic E-state index is 14.1. The molecule has 3 aromatic rings. The second-order valence-corrected chi connectivity index (χ2v) is 8.95. The Morgan fingerprint density at radius 2 is 1.63 bits per heavy atom. The summed E-state index contributed by atoms with van der Waals surface area (Å²) in [6.45, 7) is 0. The number of nitrogens with zero attached hydrogens (tertiary/aromatic N) is 3. The number of benzene rings is 2. The minimum atomic E-state index is -1.18. The van der Waals surface area contributed by atoms with Crippen LogP contribution >= 0.6 is 0 Å². The fourth-order valence-electron chi connectivity index (χ4n) is 4.72. The number of methoxy groups -OCH3 is 3. The fraction of sp³-hybridized carbons (Fsp3) is 0.357. The molecule has 0 radical (unpaired) electrons. The van der Waals surface area contributed by atoms with Crippen LogP contribution in [-0.2, 0) is 4.79 Å². The van der Waals surface area contributed by atoms with Gasteiger partial charge < -0.3 is 19.5 Å². The molecular weight excluding hydrogens is 491 g/mol. The van der Waals surface area contributed by atoms with E-state index in [4.69, 9.17) is 14.2 Å². The summed E-state index contributed by atoms with van der Waals surface area (Å²) in [5.74, 6) is -0.461. The van der Waals surface area contributed by atoms with E-state index in [-0.39, 0.29) is 11.7 Å². The van der Waals surface area contributed by atoms with Crippen LogP contribution in [0.25, 0.3) is 0 Å². The maximum absolute atomic E-state index is 14.1. The number of aromatic nitrogens is 2. The average molecular weight is 523 g/mol. The number of hydrogen-bond acceptors (Lipinski definition) is 7. The van der Waals surface area contributed by atoms with Gasteiger partial charge in [-0.3, -0.25) is 19.5 Å². The highest BCUT2D eigenvalue weighted by molar-refractivity contribution is 6.09. The van der Waals surface area contributed by atoms with Gasteiger partial charge in [-0.15, -0.1) is 0 Å².